The summed E-state index contributed by atoms with van der Waals surface area (Å²) in [4.78, 5) is 21.8. The van der Waals surface area contributed by atoms with Crippen LogP contribution in [0.4, 0.5) is 4.79 Å². The zero-order chi connectivity index (χ0) is 12.6. The van der Waals surface area contributed by atoms with Crippen LogP contribution in [0.3, 0.4) is 0 Å². The van der Waals surface area contributed by atoms with Crippen molar-refractivity contribution in [3.63, 3.8) is 0 Å². The van der Waals surface area contributed by atoms with Crippen LogP contribution in [0.2, 0.25) is 0 Å². The molecule has 16 heavy (non-hydrogen) atoms. The summed E-state index contributed by atoms with van der Waals surface area (Å²) >= 11 is 0. The van der Waals surface area contributed by atoms with Crippen molar-refractivity contribution in [3.05, 3.63) is 0 Å². The van der Waals surface area contributed by atoms with Gasteiger partial charge in [0.05, 0.1) is 0 Å². The fourth-order valence-electron chi connectivity index (χ4n) is 1.37. The lowest BCUT2D eigenvalue weighted by Gasteiger charge is -2.16. The van der Waals surface area contributed by atoms with E-state index in [1.165, 1.54) is 0 Å². The molecule has 0 rings (SSSR count). The summed E-state index contributed by atoms with van der Waals surface area (Å²) in [6.07, 6.45) is 1.87. The summed E-state index contributed by atoms with van der Waals surface area (Å²) in [7, 11) is 0. The first-order chi connectivity index (χ1) is 7.49. The quantitative estimate of drug-likeness (QED) is 0.621. The Hall–Kier alpha value is -1.26. The van der Waals surface area contributed by atoms with Gasteiger partial charge in [0.1, 0.15) is 0 Å². The topological polar surface area (TPSA) is 78.4 Å². The van der Waals surface area contributed by atoms with E-state index in [1.54, 1.807) is 6.92 Å². The Kier molecular flexibility index (Phi) is 7.33. The summed E-state index contributed by atoms with van der Waals surface area (Å²) in [5, 5.41) is 14.0. The average molecular weight is 230 g/mol. The largest absolute Gasteiger partial charge is 0.481 e. The molecule has 0 saturated carbocycles. The number of nitrogens with one attached hydrogen (secondary N) is 2. The van der Waals surface area contributed by atoms with Gasteiger partial charge in [0.2, 0.25) is 0 Å². The van der Waals surface area contributed by atoms with Crippen LogP contribution in [0, 0.1) is 5.92 Å². The molecule has 5 nitrogen and oxygen atoms in total. The highest BCUT2D eigenvalue weighted by molar-refractivity contribution is 5.74. The lowest BCUT2D eigenvalue weighted by atomic mass is 10.1. The van der Waals surface area contributed by atoms with Crippen LogP contribution in [0.15, 0.2) is 0 Å². The molecule has 1 unspecified atom stereocenters. The van der Waals surface area contributed by atoms with E-state index in [2.05, 4.69) is 10.6 Å². The maximum Gasteiger partial charge on any atom is 0.315 e. The number of carboxylic acids is 1. The fourth-order valence-corrected chi connectivity index (χ4v) is 1.37. The van der Waals surface area contributed by atoms with Gasteiger partial charge in [-0.25, -0.2) is 4.79 Å². The molecule has 1 atom stereocenters. The molecule has 0 aromatic carbocycles. The molecule has 0 heterocycles. The molecule has 0 aliphatic rings. The number of hydrogen-bond donors (Lipinski definition) is 3. The predicted molar refractivity (Wildman–Crippen MR) is 62.3 cm³/mol. The van der Waals surface area contributed by atoms with Crippen molar-refractivity contribution in [2.75, 3.05) is 6.54 Å². The third-order valence-electron chi connectivity index (χ3n) is 2.45. The highest BCUT2D eigenvalue weighted by Gasteiger charge is 2.11. The Morgan fingerprint density at radius 1 is 1.25 bits per heavy atom. The van der Waals surface area contributed by atoms with Crippen molar-refractivity contribution in [1.29, 1.82) is 0 Å². The van der Waals surface area contributed by atoms with Crippen molar-refractivity contribution in [1.82, 2.24) is 10.6 Å². The standard InChI is InChI=1S/C11H22N2O3/c1-4-9(5-2)13-11(16)12-7-8(3)6-10(14)15/h8-9H,4-7H2,1-3H3,(H,14,15)(H2,12,13,16). The number of aliphatic carboxylic acids is 1. The van der Waals surface area contributed by atoms with Crippen LogP contribution in [0.5, 0.6) is 0 Å². The summed E-state index contributed by atoms with van der Waals surface area (Å²) in [5.74, 6) is -0.889. The number of hydrogen-bond acceptors (Lipinski definition) is 2. The molecular weight excluding hydrogens is 208 g/mol. The first-order valence-electron chi connectivity index (χ1n) is 5.75. The number of urea groups is 1. The molecule has 0 saturated heterocycles. The minimum Gasteiger partial charge on any atom is -0.481 e. The SMILES string of the molecule is CCC(CC)NC(=O)NCC(C)CC(=O)O. The second-order valence-corrected chi connectivity index (χ2v) is 4.07. The smallest absolute Gasteiger partial charge is 0.315 e. The van der Waals surface area contributed by atoms with Crippen molar-refractivity contribution in [2.24, 2.45) is 5.92 Å². The molecule has 5 heteroatoms. The third-order valence-corrected chi connectivity index (χ3v) is 2.45. The Morgan fingerprint density at radius 2 is 1.81 bits per heavy atom. The molecule has 2 amide bonds. The fraction of sp³-hybridized carbons (Fsp3) is 0.818. The third kappa shape index (κ3) is 7.09. The second kappa shape index (κ2) is 7.96. The normalized spacial score (nSPS) is 12.2. The van der Waals surface area contributed by atoms with E-state index < -0.39 is 5.97 Å². The van der Waals surface area contributed by atoms with Gasteiger partial charge < -0.3 is 15.7 Å². The number of amides is 2. The Labute approximate surface area is 96.6 Å². The van der Waals surface area contributed by atoms with Crippen LogP contribution in [0.1, 0.15) is 40.0 Å². The zero-order valence-electron chi connectivity index (χ0n) is 10.2. The first kappa shape index (κ1) is 14.7. The van der Waals surface area contributed by atoms with Gasteiger partial charge in [-0.1, -0.05) is 20.8 Å². The van der Waals surface area contributed by atoms with Crippen LogP contribution in [0.25, 0.3) is 0 Å². The number of rotatable bonds is 7. The van der Waals surface area contributed by atoms with E-state index in [4.69, 9.17) is 5.11 Å². The van der Waals surface area contributed by atoms with Crippen molar-refractivity contribution < 1.29 is 14.7 Å². The maximum absolute atomic E-state index is 11.4. The van der Waals surface area contributed by atoms with Crippen LogP contribution in [-0.4, -0.2) is 29.7 Å². The van der Waals surface area contributed by atoms with E-state index in [0.29, 0.717) is 6.54 Å². The second-order valence-electron chi connectivity index (χ2n) is 4.07. The lowest BCUT2D eigenvalue weighted by Crippen LogP contribution is -2.43. The molecule has 0 aromatic heterocycles. The number of carboxylic acid groups (broad SMARTS) is 1. The molecule has 0 fully saturated rings. The molecular formula is C11H22N2O3. The van der Waals surface area contributed by atoms with E-state index in [1.807, 2.05) is 13.8 Å². The zero-order valence-corrected chi connectivity index (χ0v) is 10.2. The van der Waals surface area contributed by atoms with Gasteiger partial charge in [-0.15, -0.1) is 0 Å². The van der Waals surface area contributed by atoms with Crippen LogP contribution < -0.4 is 10.6 Å². The van der Waals surface area contributed by atoms with Gasteiger partial charge in [-0.3, -0.25) is 4.79 Å². The number of carbonyl (C=O) groups excluding carboxylic acids is 1. The highest BCUT2D eigenvalue weighted by Crippen LogP contribution is 1.99. The molecule has 3 N–H and O–H groups in total. The van der Waals surface area contributed by atoms with Gasteiger partial charge in [0.25, 0.3) is 0 Å². The van der Waals surface area contributed by atoms with Crippen molar-refractivity contribution in [2.45, 2.75) is 46.1 Å². The predicted octanol–water partition coefficient (Wildman–Crippen LogP) is 1.58. The summed E-state index contributed by atoms with van der Waals surface area (Å²) < 4.78 is 0. The minimum absolute atomic E-state index is 0.0510. The molecule has 0 aromatic rings. The van der Waals surface area contributed by atoms with Gasteiger partial charge >= 0.3 is 12.0 Å². The molecule has 0 spiro atoms. The molecule has 0 bridgehead atoms. The van der Waals surface area contributed by atoms with Gasteiger partial charge in [-0.05, 0) is 18.8 Å². The molecule has 94 valence electrons. The van der Waals surface area contributed by atoms with Gasteiger partial charge in [-0.2, -0.15) is 0 Å². The first-order valence-corrected chi connectivity index (χ1v) is 5.75. The Bertz CT molecular complexity index is 227. The highest BCUT2D eigenvalue weighted by atomic mass is 16.4. The minimum atomic E-state index is -0.838. The summed E-state index contributed by atoms with van der Waals surface area (Å²) in [5.41, 5.74) is 0. The van der Waals surface area contributed by atoms with E-state index >= 15 is 0 Å². The van der Waals surface area contributed by atoms with Crippen molar-refractivity contribution >= 4 is 12.0 Å². The summed E-state index contributed by atoms with van der Waals surface area (Å²) in [6.45, 7) is 6.22. The maximum atomic E-state index is 11.4. The van der Waals surface area contributed by atoms with Gasteiger partial charge in [0, 0.05) is 19.0 Å². The summed E-state index contributed by atoms with van der Waals surface area (Å²) in [6, 6.07) is -0.0271. The van der Waals surface area contributed by atoms with E-state index in [0.717, 1.165) is 12.8 Å². The van der Waals surface area contributed by atoms with Crippen molar-refractivity contribution in [3.8, 4) is 0 Å². The molecule has 0 radical (unpaired) electrons. The molecule has 0 aliphatic heterocycles. The van der Waals surface area contributed by atoms with Crippen LogP contribution in [-0.2, 0) is 4.79 Å². The monoisotopic (exact) mass is 230 g/mol. The lowest BCUT2D eigenvalue weighted by molar-refractivity contribution is -0.137. The Morgan fingerprint density at radius 3 is 2.25 bits per heavy atom. The van der Waals surface area contributed by atoms with E-state index in [-0.39, 0.29) is 24.4 Å². The number of carbonyl (C=O) groups is 2. The van der Waals surface area contributed by atoms with E-state index in [9.17, 15) is 9.59 Å². The Balaban J connectivity index is 3.76. The van der Waals surface area contributed by atoms with Gasteiger partial charge in [0.15, 0.2) is 0 Å². The average Bonchev–Trinajstić information content (AvgIpc) is 2.22. The molecule has 0 aliphatic carbocycles. The van der Waals surface area contributed by atoms with Crippen LogP contribution >= 0.6 is 0 Å².